The van der Waals surface area contributed by atoms with Crippen LogP contribution in [-0.4, -0.2) is 74.1 Å². The largest absolute Gasteiger partial charge is 0.381 e. The maximum atomic E-state index is 13.0. The lowest BCUT2D eigenvalue weighted by atomic mass is 9.99. The summed E-state index contributed by atoms with van der Waals surface area (Å²) >= 11 is 0. The van der Waals surface area contributed by atoms with Crippen molar-refractivity contribution < 1.29 is 19.1 Å². The van der Waals surface area contributed by atoms with Crippen LogP contribution in [0.4, 0.5) is 22.7 Å². The molecule has 1 unspecified atom stereocenters. The van der Waals surface area contributed by atoms with Crippen LogP contribution in [0.2, 0.25) is 0 Å². The lowest BCUT2D eigenvalue weighted by Gasteiger charge is -2.45. The quantitative estimate of drug-likeness (QED) is 0.628. The number of fused-ring (bicyclic) bond motifs is 1. The number of nitrogens with zero attached hydrogens (tertiary/aromatic N) is 3. The second-order valence-electron chi connectivity index (χ2n) is 10.5. The predicted octanol–water partition coefficient (Wildman–Crippen LogP) is 3.52. The number of nitrogens with one attached hydrogen (secondary N) is 2. The second kappa shape index (κ2) is 11.0. The van der Waals surface area contributed by atoms with Gasteiger partial charge in [-0.3, -0.25) is 14.4 Å². The first-order chi connectivity index (χ1) is 18.3. The lowest BCUT2D eigenvalue weighted by Crippen LogP contribution is -2.55. The number of likely N-dealkylation sites (tertiary alicyclic amines) is 1. The van der Waals surface area contributed by atoms with E-state index in [1.165, 1.54) is 0 Å². The average molecular weight is 520 g/mol. The third-order valence-electron chi connectivity index (χ3n) is 8.02. The SMILES string of the molecule is CC(=O)N1CCC(NC(=O)c2ccc(Nc3ccc4c(c3)N(C3CCOCC3)C(C)C(=O)N4C)cc2)CC1. The highest BCUT2D eigenvalue weighted by molar-refractivity contribution is 6.05. The zero-order valence-electron chi connectivity index (χ0n) is 22.4. The Labute approximate surface area is 224 Å². The molecular formula is C29H37N5O4. The molecule has 9 nitrogen and oxygen atoms in total. The number of hydrogen-bond acceptors (Lipinski definition) is 6. The Balaban J connectivity index is 1.27. The summed E-state index contributed by atoms with van der Waals surface area (Å²) in [7, 11) is 1.84. The van der Waals surface area contributed by atoms with Gasteiger partial charge in [-0.05, 0) is 75.1 Å². The van der Waals surface area contributed by atoms with E-state index in [9.17, 15) is 14.4 Å². The fraction of sp³-hybridized carbons (Fsp3) is 0.483. The molecule has 9 heteroatoms. The zero-order chi connectivity index (χ0) is 26.8. The Hall–Kier alpha value is -3.59. The van der Waals surface area contributed by atoms with Gasteiger partial charge < -0.3 is 30.1 Å². The number of amides is 3. The maximum absolute atomic E-state index is 13.0. The summed E-state index contributed by atoms with van der Waals surface area (Å²) in [5.74, 6) is 0.0893. The summed E-state index contributed by atoms with van der Waals surface area (Å²) in [6, 6.07) is 13.6. The number of rotatable bonds is 5. The van der Waals surface area contributed by atoms with E-state index in [0.29, 0.717) is 31.9 Å². The molecule has 3 aliphatic rings. The van der Waals surface area contributed by atoms with Gasteiger partial charge >= 0.3 is 0 Å². The number of piperidine rings is 1. The van der Waals surface area contributed by atoms with Crippen molar-refractivity contribution >= 4 is 40.5 Å². The van der Waals surface area contributed by atoms with E-state index in [4.69, 9.17) is 4.74 Å². The standard InChI is InChI=1S/C29H37N5O4/c1-19-29(37)32(3)26-9-8-24(18-27(26)34(19)25-12-16-38-17-13-25)30-22-6-4-21(5-7-22)28(36)31-23-10-14-33(15-11-23)20(2)35/h4-9,18-19,23,25,30H,10-17H2,1-3H3,(H,31,36). The van der Waals surface area contributed by atoms with E-state index in [2.05, 4.69) is 21.6 Å². The van der Waals surface area contributed by atoms with Gasteiger partial charge in [0.15, 0.2) is 0 Å². The highest BCUT2D eigenvalue weighted by atomic mass is 16.5. The molecular weight excluding hydrogens is 482 g/mol. The Morgan fingerprint density at radius 3 is 2.24 bits per heavy atom. The third-order valence-corrected chi connectivity index (χ3v) is 8.02. The molecule has 3 aliphatic heterocycles. The fourth-order valence-electron chi connectivity index (χ4n) is 5.77. The van der Waals surface area contributed by atoms with Crippen molar-refractivity contribution in [3.05, 3.63) is 48.0 Å². The molecule has 2 aromatic carbocycles. The smallest absolute Gasteiger partial charge is 0.251 e. The number of likely N-dealkylation sites (N-methyl/N-ethyl adjacent to an activating group) is 1. The molecule has 0 radical (unpaired) electrons. The monoisotopic (exact) mass is 519 g/mol. The first kappa shape index (κ1) is 26.0. The van der Waals surface area contributed by atoms with Crippen molar-refractivity contribution in [1.82, 2.24) is 10.2 Å². The predicted molar refractivity (Wildman–Crippen MR) is 148 cm³/mol. The van der Waals surface area contributed by atoms with Crippen molar-refractivity contribution in [2.24, 2.45) is 0 Å². The molecule has 2 N–H and O–H groups in total. The molecule has 0 spiro atoms. The molecule has 0 aromatic heterocycles. The van der Waals surface area contributed by atoms with Crippen LogP contribution in [0.15, 0.2) is 42.5 Å². The lowest BCUT2D eigenvalue weighted by molar-refractivity contribution is -0.129. The first-order valence-corrected chi connectivity index (χ1v) is 13.5. The van der Waals surface area contributed by atoms with Crippen LogP contribution in [0.5, 0.6) is 0 Å². The van der Waals surface area contributed by atoms with E-state index in [0.717, 1.165) is 48.4 Å². The number of anilines is 4. The Kier molecular flexibility index (Phi) is 7.56. The van der Waals surface area contributed by atoms with Crippen molar-refractivity contribution in [2.75, 3.05) is 48.5 Å². The summed E-state index contributed by atoms with van der Waals surface area (Å²) < 4.78 is 5.57. The van der Waals surface area contributed by atoms with Crippen molar-refractivity contribution in [2.45, 2.75) is 57.7 Å². The summed E-state index contributed by atoms with van der Waals surface area (Å²) in [4.78, 5) is 43.1. The molecule has 3 heterocycles. The van der Waals surface area contributed by atoms with Crippen molar-refractivity contribution in [3.63, 3.8) is 0 Å². The molecule has 202 valence electrons. The number of benzene rings is 2. The van der Waals surface area contributed by atoms with Crippen LogP contribution < -0.4 is 20.4 Å². The molecule has 2 fully saturated rings. The maximum Gasteiger partial charge on any atom is 0.251 e. The highest BCUT2D eigenvalue weighted by Crippen LogP contribution is 2.40. The summed E-state index contributed by atoms with van der Waals surface area (Å²) in [5, 5.41) is 6.56. The van der Waals surface area contributed by atoms with Gasteiger partial charge in [-0.2, -0.15) is 0 Å². The van der Waals surface area contributed by atoms with Crippen LogP contribution in [0.25, 0.3) is 0 Å². The summed E-state index contributed by atoms with van der Waals surface area (Å²) in [6.45, 7) is 6.34. The van der Waals surface area contributed by atoms with Crippen LogP contribution in [-0.2, 0) is 14.3 Å². The molecule has 0 saturated carbocycles. The van der Waals surface area contributed by atoms with Gasteiger partial charge in [-0.25, -0.2) is 0 Å². The average Bonchev–Trinajstić information content (AvgIpc) is 2.93. The zero-order valence-corrected chi connectivity index (χ0v) is 22.4. The molecule has 38 heavy (non-hydrogen) atoms. The second-order valence-corrected chi connectivity index (χ2v) is 10.5. The Morgan fingerprint density at radius 2 is 1.58 bits per heavy atom. The van der Waals surface area contributed by atoms with Gasteiger partial charge in [0.1, 0.15) is 6.04 Å². The van der Waals surface area contributed by atoms with Gasteiger partial charge in [0, 0.05) is 69.3 Å². The van der Waals surface area contributed by atoms with Crippen molar-refractivity contribution in [3.8, 4) is 0 Å². The van der Waals surface area contributed by atoms with E-state index in [-0.39, 0.29) is 35.8 Å². The Bertz CT molecular complexity index is 1190. The number of carbonyl (C=O) groups is 3. The topological polar surface area (TPSA) is 94.2 Å². The molecule has 1 atom stereocenters. The van der Waals surface area contributed by atoms with Gasteiger partial charge in [0.2, 0.25) is 11.8 Å². The van der Waals surface area contributed by atoms with Crippen LogP contribution >= 0.6 is 0 Å². The summed E-state index contributed by atoms with van der Waals surface area (Å²) in [5.41, 5.74) is 4.36. The fourth-order valence-corrected chi connectivity index (χ4v) is 5.77. The molecule has 2 aromatic rings. The molecule has 0 aliphatic carbocycles. The Morgan fingerprint density at radius 1 is 0.921 bits per heavy atom. The molecule has 3 amide bonds. The summed E-state index contributed by atoms with van der Waals surface area (Å²) in [6.07, 6.45) is 3.34. The van der Waals surface area contributed by atoms with Crippen LogP contribution in [0.3, 0.4) is 0 Å². The minimum Gasteiger partial charge on any atom is -0.381 e. The minimum absolute atomic E-state index is 0.0810. The van der Waals surface area contributed by atoms with E-state index in [1.807, 2.05) is 55.3 Å². The number of carbonyl (C=O) groups excluding carboxylic acids is 3. The normalized spacial score (nSPS) is 20.8. The van der Waals surface area contributed by atoms with Crippen LogP contribution in [0.1, 0.15) is 49.9 Å². The molecule has 0 bridgehead atoms. The third kappa shape index (κ3) is 5.34. The van der Waals surface area contributed by atoms with E-state index < -0.39 is 0 Å². The van der Waals surface area contributed by atoms with Crippen molar-refractivity contribution in [1.29, 1.82) is 0 Å². The number of ether oxygens (including phenoxy) is 1. The first-order valence-electron chi connectivity index (χ1n) is 13.5. The van der Waals surface area contributed by atoms with Gasteiger partial charge in [0.25, 0.3) is 5.91 Å². The van der Waals surface area contributed by atoms with Gasteiger partial charge in [-0.1, -0.05) is 0 Å². The van der Waals surface area contributed by atoms with Gasteiger partial charge in [-0.15, -0.1) is 0 Å². The molecule has 5 rings (SSSR count). The minimum atomic E-state index is -0.238. The van der Waals surface area contributed by atoms with E-state index in [1.54, 1.807) is 11.8 Å². The van der Waals surface area contributed by atoms with Crippen LogP contribution in [0, 0.1) is 0 Å². The highest BCUT2D eigenvalue weighted by Gasteiger charge is 2.38. The van der Waals surface area contributed by atoms with Gasteiger partial charge in [0.05, 0.1) is 11.4 Å². The van der Waals surface area contributed by atoms with E-state index >= 15 is 0 Å². The molecule has 2 saturated heterocycles. The number of hydrogen-bond donors (Lipinski definition) is 2.